The predicted octanol–water partition coefficient (Wildman–Crippen LogP) is 3.24. The lowest BCUT2D eigenvalue weighted by Crippen LogP contribution is -2.13. The number of carbonyl (C=O) groups excluding carboxylic acids is 2. The van der Waals surface area contributed by atoms with Gasteiger partial charge in [-0.1, -0.05) is 30.4 Å². The van der Waals surface area contributed by atoms with Crippen LogP contribution in [0.3, 0.4) is 0 Å². The topological polar surface area (TPSA) is 139 Å². The number of anilines is 1. The maximum absolute atomic E-state index is 13.0. The number of nitrogens with zero attached hydrogens (tertiary/aromatic N) is 3. The van der Waals surface area contributed by atoms with E-state index in [-0.39, 0.29) is 32.1 Å². The number of hydrogen-bond acceptors (Lipinski definition) is 9. The van der Waals surface area contributed by atoms with Crippen molar-refractivity contribution >= 4 is 44.3 Å². The first kappa shape index (κ1) is 23.7. The van der Waals surface area contributed by atoms with Crippen molar-refractivity contribution in [2.75, 3.05) is 11.1 Å². The van der Waals surface area contributed by atoms with Gasteiger partial charge in [0.25, 0.3) is 5.91 Å². The Balaban J connectivity index is 1.68. The third-order valence-electron chi connectivity index (χ3n) is 4.12. The first-order valence-corrected chi connectivity index (χ1v) is 11.8. The lowest BCUT2D eigenvalue weighted by Gasteiger charge is -2.05. The van der Waals surface area contributed by atoms with Crippen molar-refractivity contribution in [1.82, 2.24) is 10.2 Å². The predicted molar refractivity (Wildman–Crippen MR) is 118 cm³/mol. The summed E-state index contributed by atoms with van der Waals surface area (Å²) in [6.45, 7) is 1.46. The molecule has 168 valence electrons. The van der Waals surface area contributed by atoms with Gasteiger partial charge in [0, 0.05) is 0 Å². The molecule has 0 aliphatic carbocycles. The minimum Gasteiger partial charge on any atom is -0.423 e. The normalized spacial score (nSPS) is 11.5. The molecule has 9 nitrogen and oxygen atoms in total. The Bertz CT molecular complexity index is 1360. The van der Waals surface area contributed by atoms with E-state index in [0.29, 0.717) is 16.9 Å². The molecule has 0 aliphatic rings. The number of hydrogen-bond donors (Lipinski definition) is 1. The average Bonchev–Trinajstić information content (AvgIpc) is 3.28. The van der Waals surface area contributed by atoms with Crippen LogP contribution in [0.25, 0.3) is 6.08 Å². The molecular formula is C21H15FN4O5S2. The highest BCUT2D eigenvalue weighted by atomic mass is 32.2. The Kier molecular flexibility index (Phi) is 7.27. The molecule has 0 aliphatic heterocycles. The summed E-state index contributed by atoms with van der Waals surface area (Å²) in [5.74, 6) is -1.88. The van der Waals surface area contributed by atoms with Gasteiger partial charge in [0.2, 0.25) is 19.3 Å². The summed E-state index contributed by atoms with van der Waals surface area (Å²) in [5, 5.41) is 18.8. The summed E-state index contributed by atoms with van der Waals surface area (Å²) in [6.07, 6.45) is 1.30. The number of carbonyl (C=O) groups is 2. The molecule has 0 saturated carbocycles. The summed E-state index contributed by atoms with van der Waals surface area (Å²) in [7, 11) is -3.56. The number of amides is 1. The van der Waals surface area contributed by atoms with E-state index in [1.54, 1.807) is 6.07 Å². The van der Waals surface area contributed by atoms with Crippen molar-refractivity contribution < 1.29 is 27.1 Å². The van der Waals surface area contributed by atoms with Crippen molar-refractivity contribution in [3.8, 4) is 11.8 Å². The summed E-state index contributed by atoms with van der Waals surface area (Å²) in [4.78, 5) is 24.4. The van der Waals surface area contributed by atoms with Crippen LogP contribution in [0.2, 0.25) is 0 Å². The second-order valence-electron chi connectivity index (χ2n) is 6.37. The Hall–Kier alpha value is -3.95. The smallest absolute Gasteiger partial charge is 0.343 e. The van der Waals surface area contributed by atoms with Crippen LogP contribution in [-0.2, 0) is 14.6 Å². The fraction of sp³-hybridized carbons (Fsp3) is 0.0952. The van der Waals surface area contributed by atoms with Gasteiger partial charge in [-0.3, -0.25) is 10.1 Å². The maximum Gasteiger partial charge on any atom is 0.343 e. The Labute approximate surface area is 192 Å². The Morgan fingerprint density at radius 1 is 1.15 bits per heavy atom. The van der Waals surface area contributed by atoms with Crippen molar-refractivity contribution in [2.24, 2.45) is 0 Å². The molecule has 0 saturated heterocycles. The van der Waals surface area contributed by atoms with Gasteiger partial charge in [0.1, 0.15) is 23.2 Å². The molecule has 12 heteroatoms. The highest BCUT2D eigenvalue weighted by Crippen LogP contribution is 2.22. The Morgan fingerprint density at radius 3 is 2.42 bits per heavy atom. The summed E-state index contributed by atoms with van der Waals surface area (Å²) < 4.78 is 41.5. The van der Waals surface area contributed by atoms with Gasteiger partial charge in [-0.25, -0.2) is 17.6 Å². The zero-order valence-electron chi connectivity index (χ0n) is 17.0. The van der Waals surface area contributed by atoms with Gasteiger partial charge in [0.15, 0.2) is 0 Å². The van der Waals surface area contributed by atoms with Crippen molar-refractivity contribution in [3.63, 3.8) is 0 Å². The number of benzene rings is 2. The van der Waals surface area contributed by atoms with E-state index in [0.717, 1.165) is 12.1 Å². The molecule has 0 radical (unpaired) electrons. The summed E-state index contributed by atoms with van der Waals surface area (Å²) in [6, 6.07) is 12.6. The molecule has 33 heavy (non-hydrogen) atoms. The molecular weight excluding hydrogens is 471 g/mol. The lowest BCUT2D eigenvalue weighted by atomic mass is 10.1. The maximum atomic E-state index is 13.0. The lowest BCUT2D eigenvalue weighted by molar-refractivity contribution is -0.112. The number of aromatic nitrogens is 2. The molecule has 1 heterocycles. The van der Waals surface area contributed by atoms with E-state index in [9.17, 15) is 27.7 Å². The summed E-state index contributed by atoms with van der Waals surface area (Å²) in [5.41, 5.74) is 0.381. The second-order valence-corrected chi connectivity index (χ2v) is 9.80. The molecule has 0 unspecified atom stereocenters. The third-order valence-corrected chi connectivity index (χ3v) is 7.14. The number of nitrogens with one attached hydrogen (secondary N) is 1. The molecule has 2 aromatic carbocycles. The number of halogens is 1. The third kappa shape index (κ3) is 6.06. The fourth-order valence-corrected chi connectivity index (χ4v) is 4.36. The average molecular weight is 487 g/mol. The van der Waals surface area contributed by atoms with Crippen molar-refractivity contribution in [1.29, 1.82) is 5.26 Å². The Morgan fingerprint density at radius 2 is 1.82 bits per heavy atom. The van der Waals surface area contributed by atoms with Crippen LogP contribution in [0.1, 0.15) is 22.8 Å². The zero-order valence-corrected chi connectivity index (χ0v) is 18.6. The number of nitriles is 1. The fourth-order valence-electron chi connectivity index (χ4n) is 2.37. The second kappa shape index (κ2) is 10.1. The van der Waals surface area contributed by atoms with Gasteiger partial charge in [-0.15, -0.1) is 10.2 Å². The molecule has 3 aromatic rings. The monoisotopic (exact) mass is 486 g/mol. The molecule has 1 N–H and O–H groups in total. The van der Waals surface area contributed by atoms with Crippen LogP contribution in [0.15, 0.2) is 58.4 Å². The first-order valence-electron chi connectivity index (χ1n) is 9.29. The highest BCUT2D eigenvalue weighted by Gasteiger charge is 2.20. The quantitative estimate of drug-likeness (QED) is 0.177. The standard InChI is InChI=1S/C21H15FN4O5S2/c1-2-33(29,30)21-26-25-20(32-21)24-18(27)15(12-23)11-13-3-9-17(10-4-13)31-19(28)14-5-7-16(22)8-6-14/h3-11H,2H2,1H3,(H,24,25,27)/b15-11-. The van der Waals surface area contributed by atoms with Crippen molar-refractivity contribution in [3.05, 3.63) is 71.0 Å². The van der Waals surface area contributed by atoms with E-state index in [1.807, 2.05) is 0 Å². The van der Waals surface area contributed by atoms with Crippen LogP contribution in [0, 0.1) is 17.1 Å². The van der Waals surface area contributed by atoms with Crippen LogP contribution >= 0.6 is 11.3 Å². The number of esters is 1. The van der Waals surface area contributed by atoms with E-state index in [2.05, 4.69) is 15.5 Å². The van der Waals surface area contributed by atoms with E-state index in [4.69, 9.17) is 4.74 Å². The van der Waals surface area contributed by atoms with Gasteiger partial charge in [0.05, 0.1) is 11.3 Å². The largest absolute Gasteiger partial charge is 0.423 e. The molecule has 3 rings (SSSR count). The van der Waals surface area contributed by atoms with Gasteiger partial charge >= 0.3 is 5.97 Å². The van der Waals surface area contributed by atoms with E-state index >= 15 is 0 Å². The summed E-state index contributed by atoms with van der Waals surface area (Å²) >= 11 is 0.685. The minimum atomic E-state index is -3.56. The SMILES string of the molecule is CCS(=O)(=O)c1nnc(NC(=O)/C(C#N)=C\c2ccc(OC(=O)c3ccc(F)cc3)cc2)s1. The van der Waals surface area contributed by atoms with Crippen LogP contribution in [-0.4, -0.2) is 36.2 Å². The number of ether oxygens (including phenoxy) is 1. The highest BCUT2D eigenvalue weighted by molar-refractivity contribution is 7.93. The van der Waals surface area contributed by atoms with E-state index in [1.165, 1.54) is 49.4 Å². The molecule has 0 bridgehead atoms. The van der Waals surface area contributed by atoms with Gasteiger partial charge in [-0.05, 0) is 48.0 Å². The molecule has 0 atom stereocenters. The van der Waals surface area contributed by atoms with Gasteiger partial charge in [-0.2, -0.15) is 5.26 Å². The molecule has 0 spiro atoms. The van der Waals surface area contributed by atoms with Crippen LogP contribution in [0.4, 0.5) is 9.52 Å². The first-order chi connectivity index (χ1) is 15.7. The number of sulfone groups is 1. The molecule has 1 aromatic heterocycles. The van der Waals surface area contributed by atoms with E-state index < -0.39 is 27.5 Å². The number of rotatable bonds is 7. The molecule has 0 fully saturated rings. The van der Waals surface area contributed by atoms with Gasteiger partial charge < -0.3 is 4.74 Å². The van der Waals surface area contributed by atoms with Crippen molar-refractivity contribution in [2.45, 2.75) is 11.3 Å². The molecule has 1 amide bonds. The van der Waals surface area contributed by atoms with Crippen LogP contribution < -0.4 is 10.1 Å². The minimum absolute atomic E-state index is 0.0590. The zero-order chi connectivity index (χ0) is 24.0. The van der Waals surface area contributed by atoms with Crippen LogP contribution in [0.5, 0.6) is 5.75 Å².